The molecule has 2 heterocycles. The summed E-state index contributed by atoms with van der Waals surface area (Å²) in [6.45, 7) is 2.25. The highest BCUT2D eigenvalue weighted by atomic mass is 16.4. The number of carbonyl (C=O) groups is 1. The zero-order valence-electron chi connectivity index (χ0n) is 9.83. The fourth-order valence-electron chi connectivity index (χ4n) is 1.62. The number of nitrogens with zero attached hydrogens (tertiary/aromatic N) is 2. The third-order valence-corrected chi connectivity index (χ3v) is 2.68. The molecule has 0 aliphatic heterocycles. The van der Waals surface area contributed by atoms with Crippen molar-refractivity contribution in [2.75, 3.05) is 0 Å². The minimum absolute atomic E-state index is 0.00556. The molecule has 18 heavy (non-hydrogen) atoms. The minimum atomic E-state index is -1.10. The van der Waals surface area contributed by atoms with E-state index in [1.165, 1.54) is 16.8 Å². The van der Waals surface area contributed by atoms with Crippen molar-refractivity contribution >= 4 is 5.97 Å². The first-order valence-electron chi connectivity index (χ1n) is 5.42. The number of rotatable bonds is 3. The summed E-state index contributed by atoms with van der Waals surface area (Å²) in [5.41, 5.74) is 1.43. The average Bonchev–Trinajstić information content (AvgIpc) is 2.34. The Kier molecular flexibility index (Phi) is 3.23. The maximum absolute atomic E-state index is 11.7. The lowest BCUT2D eigenvalue weighted by molar-refractivity contribution is 0.0696. The van der Waals surface area contributed by atoms with E-state index in [-0.39, 0.29) is 11.1 Å². The van der Waals surface area contributed by atoms with Crippen LogP contribution in [0.3, 0.4) is 0 Å². The molecule has 0 fully saturated rings. The minimum Gasteiger partial charge on any atom is -0.478 e. The summed E-state index contributed by atoms with van der Waals surface area (Å²) in [4.78, 5) is 26.6. The van der Waals surface area contributed by atoms with Crippen molar-refractivity contribution in [3.8, 4) is 0 Å². The van der Waals surface area contributed by atoms with Crippen molar-refractivity contribution in [3.05, 3.63) is 63.8 Å². The number of carboxylic acid groups (broad SMARTS) is 1. The Labute approximate surface area is 103 Å². The van der Waals surface area contributed by atoms with Gasteiger partial charge in [0, 0.05) is 18.5 Å². The fourth-order valence-corrected chi connectivity index (χ4v) is 1.62. The normalized spacial score (nSPS) is 10.3. The van der Waals surface area contributed by atoms with Crippen LogP contribution < -0.4 is 5.56 Å². The van der Waals surface area contributed by atoms with Crippen LogP contribution in [-0.2, 0) is 6.54 Å². The maximum Gasteiger partial charge on any atom is 0.335 e. The summed E-state index contributed by atoms with van der Waals surface area (Å²) in [5, 5.41) is 8.77. The van der Waals surface area contributed by atoms with Crippen LogP contribution in [0.15, 0.2) is 41.5 Å². The van der Waals surface area contributed by atoms with E-state index in [1.54, 1.807) is 6.20 Å². The molecule has 2 aromatic rings. The van der Waals surface area contributed by atoms with Crippen LogP contribution in [0.2, 0.25) is 0 Å². The van der Waals surface area contributed by atoms with Crippen LogP contribution in [0.4, 0.5) is 0 Å². The van der Waals surface area contributed by atoms with Crippen molar-refractivity contribution in [1.29, 1.82) is 0 Å². The van der Waals surface area contributed by atoms with E-state index < -0.39 is 5.97 Å². The molecule has 1 N–H and O–H groups in total. The van der Waals surface area contributed by atoms with E-state index in [0.717, 1.165) is 17.3 Å². The second-order valence-corrected chi connectivity index (χ2v) is 3.95. The van der Waals surface area contributed by atoms with Crippen LogP contribution >= 0.6 is 0 Å². The Morgan fingerprint density at radius 2 is 2.22 bits per heavy atom. The monoisotopic (exact) mass is 244 g/mol. The Balaban J connectivity index is 2.34. The van der Waals surface area contributed by atoms with Gasteiger partial charge in [0.25, 0.3) is 5.56 Å². The van der Waals surface area contributed by atoms with Gasteiger partial charge in [-0.25, -0.2) is 4.79 Å². The third kappa shape index (κ3) is 2.45. The molecule has 0 saturated heterocycles. The molecule has 5 nitrogen and oxygen atoms in total. The molecule has 0 radical (unpaired) electrons. The summed E-state index contributed by atoms with van der Waals surface area (Å²) < 4.78 is 1.43. The molecule has 2 aromatic heterocycles. The maximum atomic E-state index is 11.7. The molecule has 0 unspecified atom stereocenters. The van der Waals surface area contributed by atoms with E-state index >= 15 is 0 Å². The quantitative estimate of drug-likeness (QED) is 0.883. The molecular weight excluding hydrogens is 232 g/mol. The molecule has 92 valence electrons. The standard InChI is InChI=1S/C13H12N2O3/c1-9-3-2-5-14-11(9)8-15-6-4-10(13(17)18)7-12(15)16/h2-7H,8H2,1H3,(H,17,18). The largest absolute Gasteiger partial charge is 0.478 e. The molecule has 5 heteroatoms. The van der Waals surface area contributed by atoms with Gasteiger partial charge in [0.15, 0.2) is 0 Å². The Morgan fingerprint density at radius 1 is 1.44 bits per heavy atom. The summed E-state index contributed by atoms with van der Waals surface area (Å²) in [6.07, 6.45) is 3.14. The first-order valence-corrected chi connectivity index (χ1v) is 5.42. The molecule has 0 saturated carbocycles. The number of pyridine rings is 2. The van der Waals surface area contributed by atoms with Crippen molar-refractivity contribution in [1.82, 2.24) is 9.55 Å². The van der Waals surface area contributed by atoms with E-state index in [9.17, 15) is 9.59 Å². The highest BCUT2D eigenvalue weighted by molar-refractivity contribution is 5.87. The van der Waals surface area contributed by atoms with Gasteiger partial charge in [-0.15, -0.1) is 0 Å². The average molecular weight is 244 g/mol. The van der Waals surface area contributed by atoms with Crippen molar-refractivity contribution < 1.29 is 9.90 Å². The topological polar surface area (TPSA) is 72.2 Å². The number of aromatic nitrogens is 2. The zero-order chi connectivity index (χ0) is 13.1. The number of hydrogen-bond acceptors (Lipinski definition) is 3. The third-order valence-electron chi connectivity index (χ3n) is 2.68. The Hall–Kier alpha value is -2.43. The van der Waals surface area contributed by atoms with Crippen LogP contribution in [0, 0.1) is 6.92 Å². The second kappa shape index (κ2) is 4.83. The van der Waals surface area contributed by atoms with Gasteiger partial charge in [-0.2, -0.15) is 0 Å². The summed E-state index contributed by atoms with van der Waals surface area (Å²) in [7, 11) is 0. The van der Waals surface area contributed by atoms with Crippen molar-refractivity contribution in [2.45, 2.75) is 13.5 Å². The van der Waals surface area contributed by atoms with E-state index in [0.29, 0.717) is 6.54 Å². The van der Waals surface area contributed by atoms with Crippen molar-refractivity contribution in [2.24, 2.45) is 0 Å². The number of hydrogen-bond donors (Lipinski definition) is 1. The van der Waals surface area contributed by atoms with Gasteiger partial charge in [-0.3, -0.25) is 9.78 Å². The van der Waals surface area contributed by atoms with Crippen molar-refractivity contribution in [3.63, 3.8) is 0 Å². The van der Waals surface area contributed by atoms with Gasteiger partial charge in [-0.1, -0.05) is 6.07 Å². The number of aryl methyl sites for hydroxylation is 1. The SMILES string of the molecule is Cc1cccnc1Cn1ccc(C(=O)O)cc1=O. The molecule has 2 rings (SSSR count). The summed E-state index contributed by atoms with van der Waals surface area (Å²) in [6, 6.07) is 6.26. The summed E-state index contributed by atoms with van der Waals surface area (Å²) >= 11 is 0. The smallest absolute Gasteiger partial charge is 0.335 e. The summed E-state index contributed by atoms with van der Waals surface area (Å²) in [5.74, 6) is -1.10. The van der Waals surface area contributed by atoms with E-state index in [2.05, 4.69) is 4.98 Å². The van der Waals surface area contributed by atoms with Gasteiger partial charge in [-0.05, 0) is 24.6 Å². The lowest BCUT2D eigenvalue weighted by Gasteiger charge is -2.07. The van der Waals surface area contributed by atoms with Gasteiger partial charge >= 0.3 is 5.97 Å². The van der Waals surface area contributed by atoms with E-state index in [4.69, 9.17) is 5.11 Å². The molecule has 0 atom stereocenters. The van der Waals surface area contributed by atoms with Gasteiger partial charge in [0.1, 0.15) is 0 Å². The molecule has 0 aliphatic carbocycles. The van der Waals surface area contributed by atoms with Crippen LogP contribution in [0.1, 0.15) is 21.6 Å². The molecular formula is C13H12N2O3. The molecule has 0 aliphatic rings. The predicted molar refractivity (Wildman–Crippen MR) is 65.7 cm³/mol. The second-order valence-electron chi connectivity index (χ2n) is 3.95. The fraction of sp³-hybridized carbons (Fsp3) is 0.154. The van der Waals surface area contributed by atoms with Gasteiger partial charge in [0.2, 0.25) is 0 Å². The number of carboxylic acids is 1. The van der Waals surface area contributed by atoms with Gasteiger partial charge in [0.05, 0.1) is 17.8 Å². The lowest BCUT2D eigenvalue weighted by atomic mass is 10.2. The molecule has 0 bridgehead atoms. The van der Waals surface area contributed by atoms with Crippen LogP contribution in [0.5, 0.6) is 0 Å². The molecule has 0 amide bonds. The van der Waals surface area contributed by atoms with E-state index in [1.807, 2.05) is 19.1 Å². The lowest BCUT2D eigenvalue weighted by Crippen LogP contribution is -2.21. The van der Waals surface area contributed by atoms with Crippen LogP contribution in [0.25, 0.3) is 0 Å². The first-order chi connectivity index (χ1) is 8.58. The predicted octanol–water partition coefficient (Wildman–Crippen LogP) is 1.30. The number of aromatic carboxylic acids is 1. The van der Waals surface area contributed by atoms with Gasteiger partial charge < -0.3 is 9.67 Å². The van der Waals surface area contributed by atoms with Crippen LogP contribution in [-0.4, -0.2) is 20.6 Å². The Morgan fingerprint density at radius 3 is 2.83 bits per heavy atom. The molecule has 0 spiro atoms. The molecule has 0 aromatic carbocycles. The highest BCUT2D eigenvalue weighted by Crippen LogP contribution is 2.04. The highest BCUT2D eigenvalue weighted by Gasteiger charge is 2.06. The first kappa shape index (κ1) is 12.0. The Bertz CT molecular complexity index is 647. The zero-order valence-corrected chi connectivity index (χ0v) is 9.83.